The summed E-state index contributed by atoms with van der Waals surface area (Å²) in [4.78, 5) is 15.1. The van der Waals surface area contributed by atoms with Crippen molar-refractivity contribution in [2.75, 3.05) is 5.75 Å². The van der Waals surface area contributed by atoms with Crippen molar-refractivity contribution in [2.45, 2.75) is 12.1 Å². The number of benzene rings is 2. The van der Waals surface area contributed by atoms with Crippen LogP contribution in [0.4, 0.5) is 0 Å². The molecule has 0 unspecified atom stereocenters. The van der Waals surface area contributed by atoms with Crippen LogP contribution >= 0.6 is 23.4 Å². The summed E-state index contributed by atoms with van der Waals surface area (Å²) >= 11 is 7.45. The maximum Gasteiger partial charge on any atom is 0.313 e. The average Bonchev–Trinajstić information content (AvgIpc) is 3.24. The molecular formula is C20H17ClN4O2S. The maximum absolute atomic E-state index is 10.7. The summed E-state index contributed by atoms with van der Waals surface area (Å²) < 4.78 is 2.01. The van der Waals surface area contributed by atoms with Gasteiger partial charge in [0.15, 0.2) is 5.82 Å². The van der Waals surface area contributed by atoms with Gasteiger partial charge in [-0.15, -0.1) is 5.10 Å². The minimum absolute atomic E-state index is 0.0752. The van der Waals surface area contributed by atoms with E-state index < -0.39 is 5.97 Å². The lowest BCUT2D eigenvalue weighted by Gasteiger charge is -2.07. The van der Waals surface area contributed by atoms with E-state index in [4.69, 9.17) is 16.7 Å². The maximum atomic E-state index is 10.7. The van der Waals surface area contributed by atoms with Crippen molar-refractivity contribution in [3.63, 3.8) is 0 Å². The molecule has 0 amide bonds. The second kappa shape index (κ2) is 7.33. The molecule has 0 atom stereocenters. The molecule has 0 radical (unpaired) electrons. The third-order valence-electron chi connectivity index (χ3n) is 4.41. The number of nitrogens with zero attached hydrogens (tertiary/aromatic N) is 3. The first-order valence-corrected chi connectivity index (χ1v) is 9.91. The summed E-state index contributed by atoms with van der Waals surface area (Å²) in [5.41, 5.74) is 5.17. The molecule has 0 saturated carbocycles. The molecule has 0 aliphatic rings. The highest BCUT2D eigenvalue weighted by Crippen LogP contribution is 2.32. The number of aromatic amines is 1. The van der Waals surface area contributed by atoms with E-state index in [0.29, 0.717) is 11.0 Å². The number of carboxylic acids is 1. The zero-order valence-corrected chi connectivity index (χ0v) is 16.8. The van der Waals surface area contributed by atoms with Crippen molar-refractivity contribution in [1.29, 1.82) is 0 Å². The van der Waals surface area contributed by atoms with Crippen molar-refractivity contribution < 1.29 is 9.90 Å². The van der Waals surface area contributed by atoms with Gasteiger partial charge in [0.1, 0.15) is 0 Å². The SMILES string of the molecule is Cc1cc(-c2ccc3c(c2)c(Cl)cn3C)cc(-c2nc(SCC(=O)O)n[nH]2)c1. The van der Waals surface area contributed by atoms with Crippen LogP contribution in [0.3, 0.4) is 0 Å². The predicted molar refractivity (Wildman–Crippen MR) is 112 cm³/mol. The molecule has 0 aliphatic heterocycles. The van der Waals surface area contributed by atoms with E-state index in [1.165, 1.54) is 0 Å². The Hall–Kier alpha value is -2.77. The Morgan fingerprint density at radius 1 is 1.21 bits per heavy atom. The van der Waals surface area contributed by atoms with Gasteiger partial charge in [-0.05, 0) is 47.9 Å². The highest BCUT2D eigenvalue weighted by molar-refractivity contribution is 7.99. The van der Waals surface area contributed by atoms with Gasteiger partial charge >= 0.3 is 5.97 Å². The normalized spacial score (nSPS) is 11.2. The van der Waals surface area contributed by atoms with Crippen molar-refractivity contribution in [2.24, 2.45) is 7.05 Å². The number of hydrogen-bond acceptors (Lipinski definition) is 4. The van der Waals surface area contributed by atoms with Gasteiger partial charge in [0.2, 0.25) is 5.16 Å². The fraction of sp³-hybridized carbons (Fsp3) is 0.150. The molecule has 0 spiro atoms. The molecule has 28 heavy (non-hydrogen) atoms. The standard InChI is InChI=1S/C20H17ClN4O2S/c1-11-5-13(12-3-4-17-15(8-12)16(21)9-25(17)2)7-14(6-11)19-22-20(24-23-19)28-10-18(26)27/h3-9H,10H2,1-2H3,(H,26,27)(H,22,23,24). The molecule has 0 aliphatic carbocycles. The summed E-state index contributed by atoms with van der Waals surface area (Å²) in [7, 11) is 1.97. The number of H-pyrrole nitrogens is 1. The Kier molecular flexibility index (Phi) is 4.87. The number of hydrogen-bond donors (Lipinski definition) is 2. The van der Waals surface area contributed by atoms with Crippen LogP contribution in [0.2, 0.25) is 5.02 Å². The van der Waals surface area contributed by atoms with Gasteiger partial charge in [0.25, 0.3) is 0 Å². The number of aryl methyl sites for hydroxylation is 2. The molecule has 4 aromatic rings. The van der Waals surface area contributed by atoms with Crippen LogP contribution in [-0.4, -0.2) is 36.6 Å². The molecule has 142 valence electrons. The lowest BCUT2D eigenvalue weighted by Crippen LogP contribution is -1.97. The Labute approximate surface area is 170 Å². The summed E-state index contributed by atoms with van der Waals surface area (Å²) in [6, 6.07) is 12.4. The Bertz CT molecular complexity index is 1200. The zero-order chi connectivity index (χ0) is 19.8. The topological polar surface area (TPSA) is 83.8 Å². The van der Waals surface area contributed by atoms with Gasteiger partial charge in [-0.1, -0.05) is 35.5 Å². The van der Waals surface area contributed by atoms with Crippen molar-refractivity contribution in [3.05, 3.63) is 53.2 Å². The molecule has 0 fully saturated rings. The number of aromatic nitrogens is 4. The molecule has 6 nitrogen and oxygen atoms in total. The van der Waals surface area contributed by atoms with Crippen molar-refractivity contribution in [3.8, 4) is 22.5 Å². The van der Waals surface area contributed by atoms with Gasteiger partial charge in [-0.3, -0.25) is 9.89 Å². The van der Waals surface area contributed by atoms with Crippen LogP contribution in [-0.2, 0) is 11.8 Å². The van der Waals surface area contributed by atoms with Crippen molar-refractivity contribution >= 4 is 40.2 Å². The number of halogens is 1. The number of thioether (sulfide) groups is 1. The quantitative estimate of drug-likeness (QED) is 0.461. The minimum atomic E-state index is -0.899. The van der Waals surface area contributed by atoms with Crippen LogP contribution in [0.15, 0.2) is 47.8 Å². The molecular weight excluding hydrogens is 396 g/mol. The predicted octanol–water partition coefficient (Wildman–Crippen LogP) is 4.77. The van der Waals surface area contributed by atoms with Gasteiger partial charge in [0.05, 0.1) is 10.8 Å². The van der Waals surface area contributed by atoms with Crippen LogP contribution in [0.5, 0.6) is 0 Å². The summed E-state index contributed by atoms with van der Waals surface area (Å²) in [5, 5.41) is 17.9. The fourth-order valence-corrected chi connectivity index (χ4v) is 3.99. The molecule has 8 heteroatoms. The zero-order valence-electron chi connectivity index (χ0n) is 15.2. The van der Waals surface area contributed by atoms with Crippen LogP contribution in [0.1, 0.15) is 5.56 Å². The monoisotopic (exact) mass is 412 g/mol. The number of aliphatic carboxylic acids is 1. The summed E-state index contributed by atoms with van der Waals surface area (Å²) in [5.74, 6) is -0.366. The largest absolute Gasteiger partial charge is 0.481 e. The van der Waals surface area contributed by atoms with E-state index in [2.05, 4.69) is 39.4 Å². The average molecular weight is 413 g/mol. The van der Waals surface area contributed by atoms with Crippen molar-refractivity contribution in [1.82, 2.24) is 19.7 Å². The molecule has 2 N–H and O–H groups in total. The first kappa shape index (κ1) is 18.6. The van der Waals surface area contributed by atoms with E-state index in [9.17, 15) is 4.79 Å². The van der Waals surface area contributed by atoms with E-state index in [1.807, 2.05) is 36.9 Å². The van der Waals surface area contributed by atoms with Gasteiger partial charge in [-0.2, -0.15) is 0 Å². The smallest absolute Gasteiger partial charge is 0.313 e. The third kappa shape index (κ3) is 3.63. The highest BCUT2D eigenvalue weighted by Gasteiger charge is 2.12. The van der Waals surface area contributed by atoms with E-state index in [0.717, 1.165) is 49.9 Å². The minimum Gasteiger partial charge on any atom is -0.481 e. The molecule has 2 aromatic heterocycles. The molecule has 0 saturated heterocycles. The first-order valence-electron chi connectivity index (χ1n) is 8.55. The molecule has 2 aromatic carbocycles. The third-order valence-corrected chi connectivity index (χ3v) is 5.55. The lowest BCUT2D eigenvalue weighted by molar-refractivity contribution is -0.133. The number of carboxylic acid groups (broad SMARTS) is 1. The highest BCUT2D eigenvalue weighted by atomic mass is 35.5. The summed E-state index contributed by atoms with van der Waals surface area (Å²) in [6.07, 6.45) is 1.91. The number of carbonyl (C=O) groups is 1. The Balaban J connectivity index is 1.71. The van der Waals surface area contributed by atoms with Gasteiger partial charge in [0, 0.05) is 29.7 Å². The van der Waals surface area contributed by atoms with Gasteiger partial charge < -0.3 is 9.67 Å². The molecule has 4 rings (SSSR count). The van der Waals surface area contributed by atoms with E-state index in [-0.39, 0.29) is 5.75 Å². The Morgan fingerprint density at radius 2 is 2.00 bits per heavy atom. The van der Waals surface area contributed by atoms with E-state index in [1.54, 1.807) is 0 Å². The Morgan fingerprint density at radius 3 is 2.79 bits per heavy atom. The second-order valence-corrected chi connectivity index (χ2v) is 7.91. The van der Waals surface area contributed by atoms with Gasteiger partial charge in [-0.25, -0.2) is 4.98 Å². The molecule has 0 bridgehead atoms. The first-order chi connectivity index (χ1) is 13.4. The number of nitrogens with one attached hydrogen (secondary N) is 1. The van der Waals surface area contributed by atoms with Crippen LogP contribution in [0, 0.1) is 6.92 Å². The fourth-order valence-electron chi connectivity index (χ4n) is 3.18. The summed E-state index contributed by atoms with van der Waals surface area (Å²) in [6.45, 7) is 2.03. The van der Waals surface area contributed by atoms with Crippen LogP contribution < -0.4 is 0 Å². The molecule has 2 heterocycles. The number of fused-ring (bicyclic) bond motifs is 1. The van der Waals surface area contributed by atoms with E-state index >= 15 is 0 Å². The second-order valence-electron chi connectivity index (χ2n) is 6.56. The lowest BCUT2D eigenvalue weighted by atomic mass is 9.99. The number of rotatable bonds is 5. The van der Waals surface area contributed by atoms with Crippen LogP contribution in [0.25, 0.3) is 33.4 Å².